The summed E-state index contributed by atoms with van der Waals surface area (Å²) in [6.07, 6.45) is 5.01. The van der Waals surface area contributed by atoms with Crippen LogP contribution in [0, 0.1) is 5.92 Å². The van der Waals surface area contributed by atoms with E-state index in [0.717, 1.165) is 13.0 Å². The number of benzene rings is 1. The van der Waals surface area contributed by atoms with E-state index in [-0.39, 0.29) is 5.91 Å². The third kappa shape index (κ3) is 3.02. The zero-order valence-electron chi connectivity index (χ0n) is 11.3. The van der Waals surface area contributed by atoms with Gasteiger partial charge in [-0.1, -0.05) is 30.3 Å². The Labute approximate surface area is 118 Å². The number of rotatable bonds is 4. The zero-order valence-corrected chi connectivity index (χ0v) is 11.3. The highest BCUT2D eigenvalue weighted by Gasteiger charge is 2.29. The molecule has 1 aromatic carbocycles. The van der Waals surface area contributed by atoms with Crippen molar-refractivity contribution in [3.63, 3.8) is 0 Å². The number of carbonyl (C=O) groups is 1. The fourth-order valence-electron chi connectivity index (χ4n) is 2.67. The van der Waals surface area contributed by atoms with Crippen LogP contribution >= 0.6 is 0 Å². The second-order valence-corrected chi connectivity index (χ2v) is 5.20. The number of hydrogen-bond donors (Lipinski definition) is 0. The molecule has 1 fully saturated rings. The van der Waals surface area contributed by atoms with E-state index < -0.39 is 0 Å². The molecule has 1 saturated heterocycles. The number of likely N-dealkylation sites (tertiary alicyclic amines) is 1. The molecule has 1 amide bonds. The van der Waals surface area contributed by atoms with Gasteiger partial charge in [0.05, 0.1) is 6.54 Å². The van der Waals surface area contributed by atoms with Crippen LogP contribution in [0.25, 0.3) is 0 Å². The minimum atomic E-state index is 0.207. The quantitative estimate of drug-likeness (QED) is 0.852. The van der Waals surface area contributed by atoms with Gasteiger partial charge in [0.2, 0.25) is 5.91 Å². The van der Waals surface area contributed by atoms with Crippen molar-refractivity contribution in [3.05, 3.63) is 60.2 Å². The molecule has 0 bridgehead atoms. The summed E-state index contributed by atoms with van der Waals surface area (Å²) in [5.41, 5.74) is 1.29. The van der Waals surface area contributed by atoms with Crippen LogP contribution in [0.5, 0.6) is 0 Å². The van der Waals surface area contributed by atoms with Gasteiger partial charge in [-0.25, -0.2) is 9.97 Å². The minimum Gasteiger partial charge on any atom is -0.335 e. The first-order valence-corrected chi connectivity index (χ1v) is 6.89. The van der Waals surface area contributed by atoms with Crippen LogP contribution < -0.4 is 0 Å². The second-order valence-electron chi connectivity index (χ2n) is 5.20. The van der Waals surface area contributed by atoms with E-state index in [1.54, 1.807) is 18.5 Å². The Kier molecular flexibility index (Phi) is 3.72. The van der Waals surface area contributed by atoms with Gasteiger partial charge in [0.15, 0.2) is 0 Å². The molecule has 102 valence electrons. The van der Waals surface area contributed by atoms with Crippen LogP contribution in [-0.4, -0.2) is 27.3 Å². The maximum absolute atomic E-state index is 12.0. The summed E-state index contributed by atoms with van der Waals surface area (Å²) in [5, 5.41) is 0. The molecule has 0 aliphatic carbocycles. The largest absolute Gasteiger partial charge is 0.335 e. The Morgan fingerprint density at radius 3 is 2.60 bits per heavy atom. The molecule has 0 saturated carbocycles. The highest BCUT2D eigenvalue weighted by Crippen LogP contribution is 2.22. The Bertz CT molecular complexity index is 571. The van der Waals surface area contributed by atoms with Gasteiger partial charge in [-0.3, -0.25) is 4.79 Å². The van der Waals surface area contributed by atoms with Crippen molar-refractivity contribution in [2.75, 3.05) is 6.54 Å². The number of amides is 1. The molecule has 2 heterocycles. The Hall–Kier alpha value is -2.23. The second kappa shape index (κ2) is 5.82. The summed E-state index contributed by atoms with van der Waals surface area (Å²) in [7, 11) is 0. The molecule has 3 rings (SSSR count). The van der Waals surface area contributed by atoms with Gasteiger partial charge < -0.3 is 4.90 Å². The first-order valence-electron chi connectivity index (χ1n) is 6.89. The third-order valence-corrected chi connectivity index (χ3v) is 3.61. The molecule has 2 aromatic rings. The highest BCUT2D eigenvalue weighted by atomic mass is 16.2. The first-order chi connectivity index (χ1) is 9.81. The number of nitrogens with zero attached hydrogens (tertiary/aromatic N) is 3. The van der Waals surface area contributed by atoms with Crippen LogP contribution in [0.2, 0.25) is 0 Å². The molecular formula is C16H17N3O. The minimum absolute atomic E-state index is 0.207. The summed E-state index contributed by atoms with van der Waals surface area (Å²) in [5.74, 6) is 1.31. The molecule has 1 aliphatic heterocycles. The summed E-state index contributed by atoms with van der Waals surface area (Å²) in [4.78, 5) is 22.3. The molecule has 1 aromatic heterocycles. The van der Waals surface area contributed by atoms with Crippen LogP contribution in [0.3, 0.4) is 0 Å². The van der Waals surface area contributed by atoms with E-state index in [1.165, 1.54) is 5.56 Å². The lowest BCUT2D eigenvalue weighted by Gasteiger charge is -2.15. The topological polar surface area (TPSA) is 46.1 Å². The van der Waals surface area contributed by atoms with Gasteiger partial charge in [-0.05, 0) is 24.0 Å². The van der Waals surface area contributed by atoms with E-state index >= 15 is 0 Å². The lowest BCUT2D eigenvalue weighted by molar-refractivity contribution is -0.128. The van der Waals surface area contributed by atoms with Gasteiger partial charge >= 0.3 is 0 Å². The van der Waals surface area contributed by atoms with Crippen molar-refractivity contribution >= 4 is 5.91 Å². The molecule has 0 N–H and O–H groups in total. The fraction of sp³-hybridized carbons (Fsp3) is 0.312. The van der Waals surface area contributed by atoms with Crippen molar-refractivity contribution < 1.29 is 4.79 Å². The van der Waals surface area contributed by atoms with E-state index in [2.05, 4.69) is 22.1 Å². The van der Waals surface area contributed by atoms with Crippen molar-refractivity contribution in [2.45, 2.75) is 19.4 Å². The SMILES string of the molecule is O=C1CC(Cc2ccccc2)CN1Cc1ncccn1. The fourth-order valence-corrected chi connectivity index (χ4v) is 2.67. The number of hydrogen-bond acceptors (Lipinski definition) is 3. The maximum Gasteiger partial charge on any atom is 0.223 e. The summed E-state index contributed by atoms with van der Waals surface area (Å²) in [6.45, 7) is 1.32. The van der Waals surface area contributed by atoms with Gasteiger partial charge in [-0.15, -0.1) is 0 Å². The maximum atomic E-state index is 12.0. The number of aromatic nitrogens is 2. The van der Waals surface area contributed by atoms with Crippen LogP contribution in [0.15, 0.2) is 48.8 Å². The Morgan fingerprint density at radius 1 is 1.10 bits per heavy atom. The van der Waals surface area contributed by atoms with Crippen LogP contribution in [-0.2, 0) is 17.8 Å². The van der Waals surface area contributed by atoms with E-state index in [1.807, 2.05) is 23.1 Å². The predicted molar refractivity (Wildman–Crippen MR) is 75.7 cm³/mol. The lowest BCUT2D eigenvalue weighted by atomic mass is 9.99. The van der Waals surface area contributed by atoms with Crippen molar-refractivity contribution in [1.82, 2.24) is 14.9 Å². The molecule has 4 heteroatoms. The van der Waals surface area contributed by atoms with Gasteiger partial charge in [0, 0.05) is 25.4 Å². The number of carbonyl (C=O) groups excluding carboxylic acids is 1. The van der Waals surface area contributed by atoms with Crippen molar-refractivity contribution in [2.24, 2.45) is 5.92 Å². The Morgan fingerprint density at radius 2 is 1.85 bits per heavy atom. The van der Waals surface area contributed by atoms with Crippen LogP contribution in [0.4, 0.5) is 0 Å². The van der Waals surface area contributed by atoms with Gasteiger partial charge in [-0.2, -0.15) is 0 Å². The standard InChI is InChI=1S/C16H17N3O/c20-16-10-14(9-13-5-2-1-3-6-13)11-19(16)12-15-17-7-4-8-18-15/h1-8,14H,9-12H2. The van der Waals surface area contributed by atoms with E-state index in [4.69, 9.17) is 0 Å². The summed E-state index contributed by atoms with van der Waals surface area (Å²) < 4.78 is 0. The Balaban J connectivity index is 1.61. The van der Waals surface area contributed by atoms with Gasteiger partial charge in [0.25, 0.3) is 0 Å². The monoisotopic (exact) mass is 267 g/mol. The lowest BCUT2D eigenvalue weighted by Crippen LogP contribution is -2.25. The first kappa shape index (κ1) is 12.8. The van der Waals surface area contributed by atoms with E-state index in [9.17, 15) is 4.79 Å². The molecule has 20 heavy (non-hydrogen) atoms. The van der Waals surface area contributed by atoms with Crippen LogP contribution in [0.1, 0.15) is 17.8 Å². The molecule has 1 atom stereocenters. The normalized spacial score (nSPS) is 18.5. The average molecular weight is 267 g/mol. The molecule has 4 nitrogen and oxygen atoms in total. The molecular weight excluding hydrogens is 250 g/mol. The van der Waals surface area contributed by atoms with Gasteiger partial charge in [0.1, 0.15) is 5.82 Å². The zero-order chi connectivity index (χ0) is 13.8. The smallest absolute Gasteiger partial charge is 0.223 e. The molecule has 0 spiro atoms. The summed E-state index contributed by atoms with van der Waals surface area (Å²) in [6, 6.07) is 12.1. The van der Waals surface area contributed by atoms with E-state index in [0.29, 0.717) is 24.7 Å². The molecule has 0 radical (unpaired) electrons. The average Bonchev–Trinajstić information content (AvgIpc) is 2.81. The molecule has 1 aliphatic rings. The third-order valence-electron chi connectivity index (χ3n) is 3.61. The van der Waals surface area contributed by atoms with Crippen molar-refractivity contribution in [1.29, 1.82) is 0 Å². The van der Waals surface area contributed by atoms with Crippen molar-refractivity contribution in [3.8, 4) is 0 Å². The highest BCUT2D eigenvalue weighted by molar-refractivity contribution is 5.78. The summed E-state index contributed by atoms with van der Waals surface area (Å²) >= 11 is 0. The predicted octanol–water partition coefficient (Wildman–Crippen LogP) is 2.07. The molecule has 1 unspecified atom stereocenters.